The number of unbranched alkanes of at least 4 members (excludes halogenated alkanes) is 1. The van der Waals surface area contributed by atoms with Crippen molar-refractivity contribution in [2.75, 3.05) is 26.7 Å². The van der Waals surface area contributed by atoms with E-state index in [1.54, 1.807) is 7.05 Å². The summed E-state index contributed by atoms with van der Waals surface area (Å²) in [6.07, 6.45) is 2.24. The fourth-order valence-electron chi connectivity index (χ4n) is 5.81. The number of rotatable bonds is 17. The third-order valence-electron chi connectivity index (χ3n) is 8.80. The second kappa shape index (κ2) is 18.9. The third kappa shape index (κ3) is 12.2. The summed E-state index contributed by atoms with van der Waals surface area (Å²) in [4.78, 5) is 69.3. The Morgan fingerprint density at radius 2 is 1.39 bits per heavy atom. The molecular weight excluding hydrogens is 626 g/mol. The van der Waals surface area contributed by atoms with Gasteiger partial charge in [-0.3, -0.25) is 19.2 Å². The van der Waals surface area contributed by atoms with Gasteiger partial charge in [-0.1, -0.05) is 74.5 Å². The Hall–Kier alpha value is -4.49. The first kappa shape index (κ1) is 39.0. The third-order valence-corrected chi connectivity index (χ3v) is 8.80. The quantitative estimate of drug-likeness (QED) is 0.136. The Kier molecular flexibility index (Phi) is 15.0. The SMILES string of the molecule is CC(C)CC(NC(=O)C(Cc1ccccc1)NC(=O)N(C)Cc1ccccc1)C(=O)NC(CCCCN)C(=O)N1CCC(N)(C(=O)O)CC1. The predicted molar refractivity (Wildman–Crippen MR) is 187 cm³/mol. The van der Waals surface area contributed by atoms with Crippen LogP contribution in [0.4, 0.5) is 4.79 Å². The molecule has 0 aliphatic carbocycles. The van der Waals surface area contributed by atoms with E-state index in [2.05, 4.69) is 16.0 Å². The van der Waals surface area contributed by atoms with Crippen LogP contribution < -0.4 is 27.4 Å². The number of aliphatic carboxylic acids is 1. The van der Waals surface area contributed by atoms with E-state index < -0.39 is 47.5 Å². The lowest BCUT2D eigenvalue weighted by Crippen LogP contribution is -2.60. The second-order valence-electron chi connectivity index (χ2n) is 13.4. The van der Waals surface area contributed by atoms with E-state index in [0.717, 1.165) is 11.1 Å². The monoisotopic (exact) mass is 679 g/mol. The summed E-state index contributed by atoms with van der Waals surface area (Å²) in [7, 11) is 1.65. The lowest BCUT2D eigenvalue weighted by atomic mass is 9.88. The predicted octanol–water partition coefficient (Wildman–Crippen LogP) is 1.99. The molecule has 5 amide bonds. The van der Waals surface area contributed by atoms with Crippen LogP contribution in [0.3, 0.4) is 0 Å². The minimum Gasteiger partial charge on any atom is -0.480 e. The molecule has 0 radical (unpaired) electrons. The molecule has 1 fully saturated rings. The van der Waals surface area contributed by atoms with Crippen molar-refractivity contribution in [2.24, 2.45) is 17.4 Å². The van der Waals surface area contributed by atoms with Gasteiger partial charge < -0.3 is 42.3 Å². The van der Waals surface area contributed by atoms with Crippen molar-refractivity contribution in [3.63, 3.8) is 0 Å². The number of hydrogen-bond acceptors (Lipinski definition) is 7. The summed E-state index contributed by atoms with van der Waals surface area (Å²) in [5, 5.41) is 18.1. The van der Waals surface area contributed by atoms with Gasteiger partial charge in [-0.15, -0.1) is 0 Å². The number of carbonyl (C=O) groups is 5. The zero-order valence-corrected chi connectivity index (χ0v) is 28.9. The summed E-state index contributed by atoms with van der Waals surface area (Å²) in [5.74, 6) is -2.47. The molecule has 1 aliphatic rings. The van der Waals surface area contributed by atoms with Crippen LogP contribution in [0.1, 0.15) is 63.5 Å². The van der Waals surface area contributed by atoms with Crippen molar-refractivity contribution in [1.82, 2.24) is 25.8 Å². The molecule has 2 aromatic carbocycles. The lowest BCUT2D eigenvalue weighted by molar-refractivity contribution is -0.148. The second-order valence-corrected chi connectivity index (χ2v) is 13.4. The summed E-state index contributed by atoms with van der Waals surface area (Å²) >= 11 is 0. The van der Waals surface area contributed by atoms with Crippen molar-refractivity contribution >= 4 is 29.7 Å². The van der Waals surface area contributed by atoms with Crippen molar-refractivity contribution in [3.05, 3.63) is 71.8 Å². The van der Waals surface area contributed by atoms with Crippen LogP contribution in [-0.2, 0) is 32.1 Å². The molecule has 268 valence electrons. The van der Waals surface area contributed by atoms with Gasteiger partial charge in [0.1, 0.15) is 23.7 Å². The van der Waals surface area contributed by atoms with Crippen LogP contribution in [0.15, 0.2) is 60.7 Å². The molecule has 8 N–H and O–H groups in total. The van der Waals surface area contributed by atoms with E-state index in [0.29, 0.717) is 38.8 Å². The molecule has 0 saturated carbocycles. The first-order valence-electron chi connectivity index (χ1n) is 17.0. The van der Waals surface area contributed by atoms with Gasteiger partial charge in [0, 0.05) is 33.1 Å². The molecule has 49 heavy (non-hydrogen) atoms. The highest BCUT2D eigenvalue weighted by atomic mass is 16.4. The molecule has 3 unspecified atom stereocenters. The molecule has 0 aromatic heterocycles. The zero-order valence-electron chi connectivity index (χ0n) is 28.9. The van der Waals surface area contributed by atoms with E-state index in [4.69, 9.17) is 11.5 Å². The Labute approximate surface area is 289 Å². The van der Waals surface area contributed by atoms with Crippen LogP contribution in [-0.4, -0.2) is 95.0 Å². The van der Waals surface area contributed by atoms with Gasteiger partial charge in [-0.2, -0.15) is 0 Å². The number of nitrogens with two attached hydrogens (primary N) is 2. The Balaban J connectivity index is 1.77. The number of urea groups is 1. The van der Waals surface area contributed by atoms with Crippen molar-refractivity contribution in [1.29, 1.82) is 0 Å². The highest BCUT2D eigenvalue weighted by molar-refractivity contribution is 5.94. The molecule has 13 heteroatoms. The number of piperidine rings is 1. The number of hydrogen-bond donors (Lipinski definition) is 6. The van der Waals surface area contributed by atoms with Gasteiger partial charge in [-0.05, 0) is 62.1 Å². The lowest BCUT2D eigenvalue weighted by Gasteiger charge is -2.38. The Bertz CT molecular complexity index is 1380. The standard InChI is InChI=1S/C36H53N7O6/c1-25(2)22-29(31(44)39-28(16-10-11-19-37)33(46)43-20-17-36(38,18-21-43)34(47)48)40-32(45)30(23-26-12-6-4-7-13-26)41-35(49)42(3)24-27-14-8-5-9-15-27/h4-9,12-15,25,28-30H,10-11,16-24,37-38H2,1-3H3,(H,39,44)(H,40,45)(H,41,49)(H,47,48). The van der Waals surface area contributed by atoms with Crippen molar-refractivity contribution in [3.8, 4) is 0 Å². The van der Waals surface area contributed by atoms with E-state index in [-0.39, 0.29) is 44.2 Å². The number of likely N-dealkylation sites (tertiary alicyclic amines) is 1. The van der Waals surface area contributed by atoms with E-state index in [1.165, 1.54) is 9.80 Å². The Morgan fingerprint density at radius 3 is 1.94 bits per heavy atom. The number of carboxylic acid groups (broad SMARTS) is 1. The van der Waals surface area contributed by atoms with Crippen LogP contribution in [0.25, 0.3) is 0 Å². The molecule has 0 bridgehead atoms. The van der Waals surface area contributed by atoms with E-state index in [1.807, 2.05) is 74.5 Å². The summed E-state index contributed by atoms with van der Waals surface area (Å²) in [6.45, 7) is 4.91. The number of carbonyl (C=O) groups excluding carboxylic acids is 4. The van der Waals surface area contributed by atoms with Crippen LogP contribution in [0.5, 0.6) is 0 Å². The maximum Gasteiger partial charge on any atom is 0.323 e. The minimum atomic E-state index is -1.40. The first-order chi connectivity index (χ1) is 23.3. The molecule has 13 nitrogen and oxygen atoms in total. The molecule has 1 aliphatic heterocycles. The normalized spacial score (nSPS) is 15.8. The minimum absolute atomic E-state index is 0.0115. The van der Waals surface area contributed by atoms with Gasteiger partial charge >= 0.3 is 12.0 Å². The number of carboxylic acids is 1. The van der Waals surface area contributed by atoms with E-state index >= 15 is 0 Å². The van der Waals surface area contributed by atoms with Crippen molar-refractivity contribution in [2.45, 2.75) is 89.0 Å². The number of benzene rings is 2. The summed E-state index contributed by atoms with van der Waals surface area (Å²) < 4.78 is 0. The number of amides is 5. The number of nitrogens with one attached hydrogen (secondary N) is 3. The molecule has 0 spiro atoms. The van der Waals surface area contributed by atoms with Crippen LogP contribution in [0, 0.1) is 5.92 Å². The maximum atomic E-state index is 13.9. The smallest absolute Gasteiger partial charge is 0.323 e. The molecule has 1 saturated heterocycles. The van der Waals surface area contributed by atoms with Gasteiger partial charge in [-0.25, -0.2) is 4.79 Å². The summed E-state index contributed by atoms with van der Waals surface area (Å²) in [5.41, 5.74) is 12.1. The van der Waals surface area contributed by atoms with Gasteiger partial charge in [0.05, 0.1) is 0 Å². The highest BCUT2D eigenvalue weighted by Crippen LogP contribution is 2.21. The highest BCUT2D eigenvalue weighted by Gasteiger charge is 2.40. The fourth-order valence-corrected chi connectivity index (χ4v) is 5.81. The van der Waals surface area contributed by atoms with Crippen LogP contribution in [0.2, 0.25) is 0 Å². The van der Waals surface area contributed by atoms with Crippen LogP contribution >= 0.6 is 0 Å². The van der Waals surface area contributed by atoms with Gasteiger partial charge in [0.15, 0.2) is 0 Å². The average molecular weight is 680 g/mol. The summed E-state index contributed by atoms with van der Waals surface area (Å²) in [6, 6.07) is 15.5. The first-order valence-corrected chi connectivity index (χ1v) is 17.0. The topological polar surface area (TPSA) is 200 Å². The zero-order chi connectivity index (χ0) is 36.0. The van der Waals surface area contributed by atoms with E-state index in [9.17, 15) is 29.1 Å². The molecule has 3 atom stereocenters. The largest absolute Gasteiger partial charge is 0.480 e. The molecule has 1 heterocycles. The molecular formula is C36H53N7O6. The average Bonchev–Trinajstić information content (AvgIpc) is 3.07. The maximum absolute atomic E-state index is 13.9. The Morgan fingerprint density at radius 1 is 0.837 bits per heavy atom. The van der Waals surface area contributed by atoms with Gasteiger partial charge in [0.2, 0.25) is 17.7 Å². The molecule has 3 rings (SSSR count). The van der Waals surface area contributed by atoms with Gasteiger partial charge in [0.25, 0.3) is 0 Å². The number of nitrogens with zero attached hydrogens (tertiary/aromatic N) is 2. The molecule has 2 aromatic rings. The fraction of sp³-hybridized carbons (Fsp3) is 0.528. The van der Waals surface area contributed by atoms with Crippen molar-refractivity contribution < 1.29 is 29.1 Å².